The van der Waals surface area contributed by atoms with Crippen molar-refractivity contribution in [2.45, 2.75) is 50.5 Å². The molecule has 4 nitrogen and oxygen atoms in total. The van der Waals surface area contributed by atoms with Crippen molar-refractivity contribution in [1.82, 2.24) is 4.98 Å². The SMILES string of the molecule is C=C[C@H]1C[N+]2(Cc3cc(C(F)(F)F)cc(C(F)(F)F)c3)CC[C@H]1C[C@@H]2[C@@H](OCc1ccccc1)c1ccnc2ccc(O)cc12. The third-order valence-corrected chi connectivity index (χ3v) is 9.51. The summed E-state index contributed by atoms with van der Waals surface area (Å²) in [6, 6.07) is 17.8. The van der Waals surface area contributed by atoms with Crippen molar-refractivity contribution in [3.05, 3.63) is 119 Å². The lowest BCUT2D eigenvalue weighted by Crippen LogP contribution is -2.67. The van der Waals surface area contributed by atoms with E-state index < -0.39 is 29.6 Å². The van der Waals surface area contributed by atoms with E-state index in [1.807, 2.05) is 42.5 Å². The van der Waals surface area contributed by atoms with Crippen LogP contribution in [0.15, 0.2) is 91.6 Å². The van der Waals surface area contributed by atoms with Crippen molar-refractivity contribution in [1.29, 1.82) is 0 Å². The molecular formula is C35H33F6N2O2+. The molecule has 3 aliphatic rings. The maximum Gasteiger partial charge on any atom is 0.416 e. The van der Waals surface area contributed by atoms with E-state index in [0.29, 0.717) is 30.4 Å². The second kappa shape index (κ2) is 11.8. The molecule has 10 heteroatoms. The molecule has 2 bridgehead atoms. The summed E-state index contributed by atoms with van der Waals surface area (Å²) in [5.74, 6) is 0.336. The van der Waals surface area contributed by atoms with Crippen molar-refractivity contribution < 1.29 is 40.7 Å². The Hall–Kier alpha value is -3.89. The largest absolute Gasteiger partial charge is 0.508 e. The van der Waals surface area contributed by atoms with Crippen molar-refractivity contribution >= 4 is 10.9 Å². The van der Waals surface area contributed by atoms with Gasteiger partial charge in [0.1, 0.15) is 24.4 Å². The summed E-state index contributed by atoms with van der Waals surface area (Å²) in [5.41, 5.74) is -0.342. The molecule has 3 saturated heterocycles. The Labute approximate surface area is 257 Å². The smallest absolute Gasteiger partial charge is 0.416 e. The molecule has 3 aromatic carbocycles. The Morgan fingerprint density at radius 2 is 1.64 bits per heavy atom. The maximum absolute atomic E-state index is 13.9. The van der Waals surface area contributed by atoms with Gasteiger partial charge in [-0.25, -0.2) is 0 Å². The number of phenolic OH excluding ortho intramolecular Hbond substituents is 1. The summed E-state index contributed by atoms with van der Waals surface area (Å²) in [7, 11) is 0. The molecule has 7 rings (SSSR count). The first-order chi connectivity index (χ1) is 21.4. The number of halogens is 6. The molecule has 0 amide bonds. The van der Waals surface area contributed by atoms with Crippen LogP contribution in [0.3, 0.4) is 0 Å². The standard InChI is InChI=1S/C35H32F6N2O2/c1-2-24-20-43(19-23-14-26(34(36,37)38)17-27(15-23)35(39,40)41)13-11-25(24)16-32(43)33(45-21-22-6-4-3-5-7-22)29-10-12-42-31-9-8-28(44)18-30(29)31/h2-10,12,14-15,17-18,24-25,32-33H,1,11,13,16,19-21H2/p+1/t24-,25-,32+,33-,43?/m0/s1. The van der Waals surface area contributed by atoms with Gasteiger partial charge in [0.2, 0.25) is 0 Å². The molecule has 3 aliphatic heterocycles. The number of rotatable bonds is 8. The first-order valence-corrected chi connectivity index (χ1v) is 14.9. The van der Waals surface area contributed by atoms with E-state index in [-0.39, 0.29) is 52.9 Å². The average Bonchev–Trinajstić information content (AvgIpc) is 3.01. The molecule has 1 aromatic heterocycles. The van der Waals surface area contributed by atoms with Crippen LogP contribution in [0.25, 0.3) is 10.9 Å². The first-order valence-electron chi connectivity index (χ1n) is 14.9. The van der Waals surface area contributed by atoms with E-state index in [1.54, 1.807) is 24.4 Å². The van der Waals surface area contributed by atoms with Gasteiger partial charge in [-0.15, -0.1) is 6.58 Å². The third kappa shape index (κ3) is 6.31. The number of piperidine rings is 3. The van der Waals surface area contributed by atoms with Crippen molar-refractivity contribution in [2.75, 3.05) is 13.1 Å². The van der Waals surface area contributed by atoms with E-state index in [2.05, 4.69) is 11.6 Å². The molecule has 4 heterocycles. The number of aromatic nitrogens is 1. The fraction of sp³-hybridized carbons (Fsp3) is 0.343. The number of aromatic hydroxyl groups is 1. The number of quaternary nitrogens is 1. The van der Waals surface area contributed by atoms with Gasteiger partial charge in [0, 0.05) is 35.9 Å². The monoisotopic (exact) mass is 627 g/mol. The van der Waals surface area contributed by atoms with Crippen molar-refractivity contribution in [3.8, 4) is 5.75 Å². The molecular weight excluding hydrogens is 594 g/mol. The molecule has 0 spiro atoms. The Balaban J connectivity index is 1.48. The lowest BCUT2D eigenvalue weighted by molar-refractivity contribution is -0.985. The van der Waals surface area contributed by atoms with Gasteiger partial charge in [0.25, 0.3) is 0 Å². The van der Waals surface area contributed by atoms with Crippen molar-refractivity contribution in [2.24, 2.45) is 11.8 Å². The van der Waals surface area contributed by atoms with Gasteiger partial charge in [-0.1, -0.05) is 36.4 Å². The molecule has 4 aromatic rings. The van der Waals surface area contributed by atoms with Gasteiger partial charge >= 0.3 is 12.4 Å². The summed E-state index contributed by atoms with van der Waals surface area (Å²) >= 11 is 0. The number of pyridine rings is 1. The normalized spacial score (nSPS) is 24.1. The third-order valence-electron chi connectivity index (χ3n) is 9.51. The van der Waals surface area contributed by atoms with Crippen LogP contribution in [-0.4, -0.2) is 33.7 Å². The zero-order chi connectivity index (χ0) is 32.0. The summed E-state index contributed by atoms with van der Waals surface area (Å²) in [4.78, 5) is 4.45. The first kappa shape index (κ1) is 31.1. The van der Waals surface area contributed by atoms with Crippen LogP contribution in [0.5, 0.6) is 5.75 Å². The fourth-order valence-corrected chi connectivity index (χ4v) is 7.41. The second-order valence-corrected chi connectivity index (χ2v) is 12.3. The number of nitrogens with zero attached hydrogens (tertiary/aromatic N) is 2. The predicted molar refractivity (Wildman–Crippen MR) is 158 cm³/mol. The predicted octanol–water partition coefficient (Wildman–Crippen LogP) is 8.85. The minimum atomic E-state index is -4.94. The van der Waals surface area contributed by atoms with Crippen LogP contribution >= 0.6 is 0 Å². The lowest BCUT2D eigenvalue weighted by atomic mass is 9.71. The Bertz CT molecular complexity index is 1660. The number of fused-ring (bicyclic) bond motifs is 4. The van der Waals surface area contributed by atoms with Gasteiger partial charge in [-0.05, 0) is 59.5 Å². The molecule has 0 aliphatic carbocycles. The van der Waals surface area contributed by atoms with Gasteiger partial charge in [0.05, 0.1) is 36.3 Å². The topological polar surface area (TPSA) is 42.4 Å². The molecule has 0 saturated carbocycles. The van der Waals surface area contributed by atoms with Crippen LogP contribution in [0.2, 0.25) is 0 Å². The van der Waals surface area contributed by atoms with E-state index in [1.165, 1.54) is 0 Å². The zero-order valence-electron chi connectivity index (χ0n) is 24.4. The van der Waals surface area contributed by atoms with Crippen molar-refractivity contribution in [3.63, 3.8) is 0 Å². The molecule has 1 unspecified atom stereocenters. The summed E-state index contributed by atoms with van der Waals surface area (Å²) in [5, 5.41) is 11.1. The Morgan fingerprint density at radius 1 is 0.933 bits per heavy atom. The zero-order valence-corrected chi connectivity index (χ0v) is 24.4. The molecule has 0 radical (unpaired) electrons. The highest BCUT2D eigenvalue weighted by molar-refractivity contribution is 5.83. The molecule has 1 N–H and O–H groups in total. The highest BCUT2D eigenvalue weighted by Crippen LogP contribution is 2.50. The number of alkyl halides is 6. The Morgan fingerprint density at radius 3 is 2.31 bits per heavy atom. The number of phenols is 1. The van der Waals surface area contributed by atoms with E-state index in [0.717, 1.165) is 29.7 Å². The fourth-order valence-electron chi connectivity index (χ4n) is 7.41. The number of hydrogen-bond donors (Lipinski definition) is 1. The Kier molecular flexibility index (Phi) is 8.16. The quantitative estimate of drug-likeness (QED) is 0.121. The minimum absolute atomic E-state index is 0.0237. The highest BCUT2D eigenvalue weighted by Gasteiger charge is 2.55. The molecule has 236 valence electrons. The van der Waals surface area contributed by atoms with Gasteiger partial charge < -0.3 is 14.3 Å². The summed E-state index contributed by atoms with van der Waals surface area (Å²) in [6.07, 6.45) is -5.55. The van der Waals surface area contributed by atoms with Crippen LogP contribution in [0.4, 0.5) is 26.3 Å². The highest BCUT2D eigenvalue weighted by atomic mass is 19.4. The van der Waals surface area contributed by atoms with Crippen LogP contribution < -0.4 is 0 Å². The molecule has 5 atom stereocenters. The van der Waals surface area contributed by atoms with E-state index in [9.17, 15) is 31.4 Å². The van der Waals surface area contributed by atoms with Crippen LogP contribution in [-0.2, 0) is 30.2 Å². The van der Waals surface area contributed by atoms with Gasteiger partial charge in [-0.3, -0.25) is 4.98 Å². The van der Waals surface area contributed by atoms with Gasteiger partial charge in [0.15, 0.2) is 0 Å². The second-order valence-electron chi connectivity index (χ2n) is 12.3. The van der Waals surface area contributed by atoms with Gasteiger partial charge in [-0.2, -0.15) is 26.3 Å². The summed E-state index contributed by atoms with van der Waals surface area (Å²) in [6.45, 7) is 5.29. The summed E-state index contributed by atoms with van der Waals surface area (Å²) < 4.78 is 90.1. The number of benzene rings is 3. The minimum Gasteiger partial charge on any atom is -0.508 e. The molecule has 3 fully saturated rings. The van der Waals surface area contributed by atoms with E-state index in [4.69, 9.17) is 4.74 Å². The lowest BCUT2D eigenvalue weighted by Gasteiger charge is -2.58. The maximum atomic E-state index is 13.9. The van der Waals surface area contributed by atoms with Crippen LogP contribution in [0, 0.1) is 11.8 Å². The molecule has 45 heavy (non-hydrogen) atoms. The number of hydrogen-bond acceptors (Lipinski definition) is 3. The van der Waals surface area contributed by atoms with E-state index >= 15 is 0 Å². The van der Waals surface area contributed by atoms with Crippen LogP contribution in [0.1, 0.15) is 46.8 Å². The number of ether oxygens (including phenoxy) is 1. The average molecular weight is 628 g/mol.